The molecular formula is C12H24O. The monoisotopic (exact) mass is 184 g/mol. The lowest BCUT2D eigenvalue weighted by Gasteiger charge is -2.33. The highest BCUT2D eigenvalue weighted by molar-refractivity contribution is 4.77. The Morgan fingerprint density at radius 3 is 2.62 bits per heavy atom. The smallest absolute Gasteiger partial charge is 0.0574 e. The average Bonchev–Trinajstić information content (AvgIpc) is 2.16. The van der Waals surface area contributed by atoms with Crippen molar-refractivity contribution in [2.45, 2.75) is 58.5 Å². The third-order valence-electron chi connectivity index (χ3n) is 3.56. The van der Waals surface area contributed by atoms with Gasteiger partial charge in [0.2, 0.25) is 0 Å². The Morgan fingerprint density at radius 2 is 2.08 bits per heavy atom. The van der Waals surface area contributed by atoms with Crippen molar-refractivity contribution in [1.29, 1.82) is 0 Å². The van der Waals surface area contributed by atoms with E-state index in [4.69, 9.17) is 4.74 Å². The van der Waals surface area contributed by atoms with Gasteiger partial charge in [0.15, 0.2) is 0 Å². The van der Waals surface area contributed by atoms with Gasteiger partial charge >= 0.3 is 0 Å². The zero-order chi connectivity index (χ0) is 9.68. The maximum absolute atomic E-state index is 5.41. The molecule has 0 aromatic heterocycles. The number of hydrogen-bond acceptors (Lipinski definition) is 1. The molecule has 1 nitrogen and oxygen atoms in total. The highest BCUT2D eigenvalue weighted by Gasteiger charge is 2.26. The molecule has 1 aliphatic rings. The fraction of sp³-hybridized carbons (Fsp3) is 1.00. The van der Waals surface area contributed by atoms with Crippen LogP contribution in [0.5, 0.6) is 0 Å². The summed E-state index contributed by atoms with van der Waals surface area (Å²) in [7, 11) is 1.85. The summed E-state index contributed by atoms with van der Waals surface area (Å²) in [4.78, 5) is 0. The summed E-state index contributed by atoms with van der Waals surface area (Å²) in [5.74, 6) is 1.86. The van der Waals surface area contributed by atoms with Crippen LogP contribution in [0.1, 0.15) is 52.4 Å². The third kappa shape index (κ3) is 3.30. The van der Waals surface area contributed by atoms with Crippen molar-refractivity contribution in [2.24, 2.45) is 11.8 Å². The van der Waals surface area contributed by atoms with Gasteiger partial charge in [0.25, 0.3) is 0 Å². The van der Waals surface area contributed by atoms with E-state index < -0.39 is 0 Å². The summed E-state index contributed by atoms with van der Waals surface area (Å²) in [5.41, 5.74) is 0. The van der Waals surface area contributed by atoms with Gasteiger partial charge in [0.1, 0.15) is 0 Å². The van der Waals surface area contributed by atoms with Crippen molar-refractivity contribution in [3.63, 3.8) is 0 Å². The standard InChI is InChI=1S/C12H24O/c1-4-5-6-11-7-8-12(13-3)9-10(11)2/h10-12H,4-9H2,1-3H3. The number of unbranched alkanes of at least 4 members (excludes halogenated alkanes) is 1. The molecule has 3 atom stereocenters. The van der Waals surface area contributed by atoms with E-state index >= 15 is 0 Å². The Labute approximate surface area is 82.9 Å². The molecule has 78 valence electrons. The van der Waals surface area contributed by atoms with Crippen LogP contribution in [0.2, 0.25) is 0 Å². The van der Waals surface area contributed by atoms with Crippen LogP contribution in [0.25, 0.3) is 0 Å². The van der Waals surface area contributed by atoms with E-state index in [0.29, 0.717) is 6.10 Å². The van der Waals surface area contributed by atoms with Crippen molar-refractivity contribution in [3.05, 3.63) is 0 Å². The van der Waals surface area contributed by atoms with Gasteiger partial charge in [-0.3, -0.25) is 0 Å². The van der Waals surface area contributed by atoms with Crippen LogP contribution in [0.4, 0.5) is 0 Å². The minimum absolute atomic E-state index is 0.549. The first-order valence-corrected chi connectivity index (χ1v) is 5.80. The molecule has 0 N–H and O–H groups in total. The molecule has 0 saturated heterocycles. The quantitative estimate of drug-likeness (QED) is 0.648. The minimum Gasteiger partial charge on any atom is -0.381 e. The predicted molar refractivity (Wildman–Crippen MR) is 56.8 cm³/mol. The largest absolute Gasteiger partial charge is 0.381 e. The SMILES string of the molecule is CCCCC1CCC(OC)CC1C. The Bertz CT molecular complexity index is 133. The number of ether oxygens (including phenoxy) is 1. The van der Waals surface area contributed by atoms with Crippen LogP contribution >= 0.6 is 0 Å². The van der Waals surface area contributed by atoms with Gasteiger partial charge in [-0.05, 0) is 31.1 Å². The molecule has 0 heterocycles. The Kier molecular flexibility index (Phi) is 4.79. The molecule has 0 aliphatic heterocycles. The van der Waals surface area contributed by atoms with Crippen molar-refractivity contribution >= 4 is 0 Å². The highest BCUT2D eigenvalue weighted by Crippen LogP contribution is 2.34. The molecule has 1 heteroatoms. The van der Waals surface area contributed by atoms with Gasteiger partial charge in [0.05, 0.1) is 6.10 Å². The first kappa shape index (κ1) is 11.0. The van der Waals surface area contributed by atoms with Gasteiger partial charge in [-0.1, -0.05) is 33.1 Å². The molecule has 1 saturated carbocycles. The van der Waals surface area contributed by atoms with E-state index in [2.05, 4.69) is 13.8 Å². The van der Waals surface area contributed by atoms with E-state index in [0.717, 1.165) is 11.8 Å². The van der Waals surface area contributed by atoms with Crippen LogP contribution in [-0.4, -0.2) is 13.2 Å². The predicted octanol–water partition coefficient (Wildman–Crippen LogP) is 3.63. The Balaban J connectivity index is 2.26. The molecule has 0 spiro atoms. The van der Waals surface area contributed by atoms with Gasteiger partial charge < -0.3 is 4.74 Å². The maximum atomic E-state index is 5.41. The zero-order valence-electron chi connectivity index (χ0n) is 9.38. The summed E-state index contributed by atoms with van der Waals surface area (Å²) in [5, 5.41) is 0. The first-order chi connectivity index (χ1) is 6.27. The van der Waals surface area contributed by atoms with E-state index in [1.165, 1.54) is 38.5 Å². The zero-order valence-corrected chi connectivity index (χ0v) is 9.38. The minimum atomic E-state index is 0.549. The first-order valence-electron chi connectivity index (χ1n) is 5.80. The second-order valence-electron chi connectivity index (χ2n) is 4.55. The lowest BCUT2D eigenvalue weighted by atomic mass is 9.76. The fourth-order valence-electron chi connectivity index (χ4n) is 2.52. The summed E-state index contributed by atoms with van der Waals surface area (Å²) < 4.78 is 5.41. The van der Waals surface area contributed by atoms with E-state index in [1.54, 1.807) is 0 Å². The second kappa shape index (κ2) is 5.64. The second-order valence-corrected chi connectivity index (χ2v) is 4.55. The van der Waals surface area contributed by atoms with Crippen LogP contribution in [0, 0.1) is 11.8 Å². The molecule has 1 rings (SSSR count). The van der Waals surface area contributed by atoms with Gasteiger partial charge in [-0.15, -0.1) is 0 Å². The molecule has 0 aromatic carbocycles. The molecule has 13 heavy (non-hydrogen) atoms. The molecule has 0 radical (unpaired) electrons. The summed E-state index contributed by atoms with van der Waals surface area (Å²) in [6.07, 6.45) is 8.70. The molecular weight excluding hydrogens is 160 g/mol. The van der Waals surface area contributed by atoms with E-state index in [1.807, 2.05) is 7.11 Å². The molecule has 3 unspecified atom stereocenters. The Morgan fingerprint density at radius 1 is 1.31 bits per heavy atom. The van der Waals surface area contributed by atoms with Gasteiger partial charge in [-0.25, -0.2) is 0 Å². The van der Waals surface area contributed by atoms with Crippen LogP contribution in [-0.2, 0) is 4.74 Å². The summed E-state index contributed by atoms with van der Waals surface area (Å²) in [6.45, 7) is 4.68. The average molecular weight is 184 g/mol. The Hall–Kier alpha value is -0.0400. The fourth-order valence-corrected chi connectivity index (χ4v) is 2.52. The van der Waals surface area contributed by atoms with Gasteiger partial charge in [0, 0.05) is 7.11 Å². The van der Waals surface area contributed by atoms with Crippen molar-refractivity contribution in [3.8, 4) is 0 Å². The lowest BCUT2D eigenvalue weighted by molar-refractivity contribution is 0.0310. The summed E-state index contributed by atoms with van der Waals surface area (Å²) in [6, 6.07) is 0. The molecule has 0 aromatic rings. The molecule has 1 aliphatic carbocycles. The highest BCUT2D eigenvalue weighted by atomic mass is 16.5. The van der Waals surface area contributed by atoms with Gasteiger partial charge in [-0.2, -0.15) is 0 Å². The number of hydrogen-bond donors (Lipinski definition) is 0. The number of rotatable bonds is 4. The normalized spacial score (nSPS) is 34.8. The van der Waals surface area contributed by atoms with Crippen LogP contribution in [0.3, 0.4) is 0 Å². The summed E-state index contributed by atoms with van der Waals surface area (Å²) >= 11 is 0. The van der Waals surface area contributed by atoms with E-state index in [-0.39, 0.29) is 0 Å². The molecule has 0 bridgehead atoms. The maximum Gasteiger partial charge on any atom is 0.0574 e. The molecule has 1 fully saturated rings. The van der Waals surface area contributed by atoms with Crippen molar-refractivity contribution in [1.82, 2.24) is 0 Å². The molecule has 0 amide bonds. The van der Waals surface area contributed by atoms with E-state index in [9.17, 15) is 0 Å². The third-order valence-corrected chi connectivity index (χ3v) is 3.56. The lowest BCUT2D eigenvalue weighted by Crippen LogP contribution is -2.27. The number of methoxy groups -OCH3 is 1. The topological polar surface area (TPSA) is 9.23 Å². The van der Waals surface area contributed by atoms with Crippen molar-refractivity contribution in [2.75, 3.05) is 7.11 Å². The van der Waals surface area contributed by atoms with Crippen molar-refractivity contribution < 1.29 is 4.74 Å². The van der Waals surface area contributed by atoms with Crippen LogP contribution < -0.4 is 0 Å². The van der Waals surface area contributed by atoms with Crippen LogP contribution in [0.15, 0.2) is 0 Å².